The van der Waals surface area contributed by atoms with Crippen LogP contribution < -0.4 is 0 Å². The number of hydrogen-bond donors (Lipinski definition) is 0. The lowest BCUT2D eigenvalue weighted by atomic mass is 10.1. The van der Waals surface area contributed by atoms with E-state index in [9.17, 15) is 9.18 Å². The van der Waals surface area contributed by atoms with Crippen LogP contribution in [0.4, 0.5) is 4.39 Å². The molecule has 4 heteroatoms. The van der Waals surface area contributed by atoms with E-state index < -0.39 is 17.9 Å². The molecule has 0 aromatic carbocycles. The quantitative estimate of drug-likeness (QED) is 0.638. The Hall–Kier alpha value is -0.640. The Bertz CT molecular complexity index is 204. The highest BCUT2D eigenvalue weighted by molar-refractivity contribution is 5.66. The van der Waals surface area contributed by atoms with E-state index in [4.69, 9.17) is 10.8 Å². The highest BCUT2D eigenvalue weighted by Crippen LogP contribution is 2.33. The van der Waals surface area contributed by atoms with Crippen molar-refractivity contribution in [3.8, 4) is 0 Å². The van der Waals surface area contributed by atoms with Crippen LogP contribution in [0.5, 0.6) is 0 Å². The van der Waals surface area contributed by atoms with Crippen molar-refractivity contribution in [2.45, 2.75) is 45.0 Å². The lowest BCUT2D eigenvalue weighted by Gasteiger charge is -2.27. The molecule has 13 heavy (non-hydrogen) atoms. The van der Waals surface area contributed by atoms with E-state index in [1.165, 1.54) is 6.92 Å². The summed E-state index contributed by atoms with van der Waals surface area (Å²) < 4.78 is 30.7. The normalized spacial score (nSPS) is 31.1. The van der Waals surface area contributed by atoms with Gasteiger partial charge in [-0.15, -0.1) is 0 Å². The molecule has 1 heterocycles. The maximum atomic E-state index is 13.9. The fourth-order valence-electron chi connectivity index (χ4n) is 1.44. The first-order valence-electron chi connectivity index (χ1n) is 5.08. The summed E-state index contributed by atoms with van der Waals surface area (Å²) in [5.41, 5.74) is 0. The molecule has 1 aliphatic rings. The smallest absolute Gasteiger partial charge is 0.303 e. The fraction of sp³-hybridized carbons (Fsp3) is 0.889. The van der Waals surface area contributed by atoms with Crippen molar-refractivity contribution >= 4 is 5.97 Å². The third-order valence-corrected chi connectivity index (χ3v) is 2.06. The van der Waals surface area contributed by atoms with Gasteiger partial charge in [-0.3, -0.25) is 4.79 Å². The van der Waals surface area contributed by atoms with Crippen molar-refractivity contribution in [1.29, 1.82) is 0 Å². The number of rotatable bonds is 3. The standard InChI is InChI=1S/C9H15FO3/c1-3-8(13-7(2)11)9(10)5-4-6-12-9/h8H,3-6H2,1-2H3/i1D. The minimum Gasteiger partial charge on any atom is -0.456 e. The van der Waals surface area contributed by atoms with Crippen molar-refractivity contribution in [1.82, 2.24) is 0 Å². The van der Waals surface area contributed by atoms with Crippen LogP contribution in [-0.4, -0.2) is 24.5 Å². The second-order valence-electron chi connectivity index (χ2n) is 3.12. The van der Waals surface area contributed by atoms with Crippen molar-refractivity contribution < 1.29 is 20.0 Å². The van der Waals surface area contributed by atoms with Crippen LogP contribution in [0.1, 0.15) is 34.5 Å². The first-order valence-corrected chi connectivity index (χ1v) is 4.38. The molecule has 0 radical (unpaired) electrons. The van der Waals surface area contributed by atoms with E-state index >= 15 is 0 Å². The van der Waals surface area contributed by atoms with Crippen LogP contribution in [0.2, 0.25) is 0 Å². The third kappa shape index (κ3) is 2.40. The minimum atomic E-state index is -1.87. The predicted octanol–water partition coefficient (Wildman–Crippen LogP) is 1.80. The zero-order valence-corrected chi connectivity index (χ0v) is 7.72. The van der Waals surface area contributed by atoms with Gasteiger partial charge in [0.2, 0.25) is 5.85 Å². The van der Waals surface area contributed by atoms with Crippen LogP contribution in [-0.2, 0) is 14.3 Å². The number of hydrogen-bond acceptors (Lipinski definition) is 3. The molecule has 2 atom stereocenters. The van der Waals surface area contributed by atoms with E-state index in [1.54, 1.807) is 0 Å². The summed E-state index contributed by atoms with van der Waals surface area (Å²) in [5, 5.41) is 0. The number of alkyl halides is 1. The van der Waals surface area contributed by atoms with Gasteiger partial charge in [0.15, 0.2) is 6.10 Å². The molecule has 2 unspecified atom stereocenters. The van der Waals surface area contributed by atoms with Gasteiger partial charge in [-0.1, -0.05) is 6.90 Å². The van der Waals surface area contributed by atoms with E-state index in [0.717, 1.165) is 0 Å². The van der Waals surface area contributed by atoms with Crippen LogP contribution in [0, 0.1) is 0 Å². The Morgan fingerprint density at radius 3 is 3.15 bits per heavy atom. The van der Waals surface area contributed by atoms with Crippen LogP contribution >= 0.6 is 0 Å². The molecule has 0 aromatic rings. The zero-order valence-electron chi connectivity index (χ0n) is 8.72. The highest BCUT2D eigenvalue weighted by Gasteiger charge is 2.44. The molecule has 0 spiro atoms. The summed E-state index contributed by atoms with van der Waals surface area (Å²) in [6.45, 7) is 1.61. The van der Waals surface area contributed by atoms with Gasteiger partial charge < -0.3 is 9.47 Å². The maximum Gasteiger partial charge on any atom is 0.303 e. The lowest BCUT2D eigenvalue weighted by molar-refractivity contribution is -0.201. The largest absolute Gasteiger partial charge is 0.456 e. The van der Waals surface area contributed by atoms with Gasteiger partial charge in [0.25, 0.3) is 0 Å². The van der Waals surface area contributed by atoms with Crippen molar-refractivity contribution in [2.75, 3.05) is 6.61 Å². The molecule has 0 N–H and O–H groups in total. The van der Waals surface area contributed by atoms with Gasteiger partial charge in [0, 0.05) is 14.7 Å². The summed E-state index contributed by atoms with van der Waals surface area (Å²) >= 11 is 0. The summed E-state index contributed by atoms with van der Waals surface area (Å²) in [6.07, 6.45) is 0.118. The van der Waals surface area contributed by atoms with Gasteiger partial charge in [0.1, 0.15) is 0 Å². The maximum absolute atomic E-state index is 13.9. The van der Waals surface area contributed by atoms with Crippen molar-refractivity contribution in [3.05, 3.63) is 0 Å². The Labute approximate surface area is 78.6 Å². The van der Waals surface area contributed by atoms with Gasteiger partial charge >= 0.3 is 5.97 Å². The van der Waals surface area contributed by atoms with Crippen LogP contribution in [0.25, 0.3) is 0 Å². The monoisotopic (exact) mass is 191 g/mol. The predicted molar refractivity (Wildman–Crippen MR) is 44.9 cm³/mol. The Balaban J connectivity index is 2.60. The Kier molecular flexibility index (Phi) is 2.78. The second-order valence-corrected chi connectivity index (χ2v) is 3.12. The zero-order chi connectivity index (χ0) is 10.6. The summed E-state index contributed by atoms with van der Waals surface area (Å²) in [6, 6.07) is 0. The van der Waals surface area contributed by atoms with Crippen LogP contribution in [0.3, 0.4) is 0 Å². The molecule has 1 saturated heterocycles. The molecular formula is C9H15FO3. The number of esters is 1. The van der Waals surface area contributed by atoms with Crippen LogP contribution in [0.15, 0.2) is 0 Å². The molecule has 3 nitrogen and oxygen atoms in total. The van der Waals surface area contributed by atoms with Crippen molar-refractivity contribution in [2.24, 2.45) is 0 Å². The number of carbonyl (C=O) groups excluding carboxylic acids is 1. The van der Waals surface area contributed by atoms with E-state index in [2.05, 4.69) is 0 Å². The number of halogens is 1. The third-order valence-electron chi connectivity index (χ3n) is 2.06. The van der Waals surface area contributed by atoms with Crippen molar-refractivity contribution in [3.63, 3.8) is 0 Å². The Morgan fingerprint density at radius 1 is 1.92 bits per heavy atom. The first kappa shape index (κ1) is 8.94. The van der Waals surface area contributed by atoms with Gasteiger partial charge in [-0.25, -0.2) is 4.39 Å². The number of ether oxygens (including phenoxy) is 2. The average molecular weight is 191 g/mol. The summed E-state index contributed by atoms with van der Waals surface area (Å²) in [4.78, 5) is 10.7. The first-order chi connectivity index (χ1) is 6.58. The molecule has 0 bridgehead atoms. The topological polar surface area (TPSA) is 35.5 Å². The summed E-state index contributed by atoms with van der Waals surface area (Å²) in [5.74, 6) is -2.40. The molecule has 1 fully saturated rings. The molecule has 0 saturated carbocycles. The molecule has 0 aromatic heterocycles. The van der Waals surface area contributed by atoms with E-state index in [1.807, 2.05) is 0 Å². The van der Waals surface area contributed by atoms with E-state index in [-0.39, 0.29) is 19.7 Å². The number of carbonyl (C=O) groups is 1. The fourth-order valence-corrected chi connectivity index (χ4v) is 1.44. The van der Waals surface area contributed by atoms with Gasteiger partial charge in [0.05, 0.1) is 6.61 Å². The molecule has 1 aliphatic heterocycles. The highest BCUT2D eigenvalue weighted by atomic mass is 19.2. The lowest BCUT2D eigenvalue weighted by Crippen LogP contribution is -2.39. The van der Waals surface area contributed by atoms with Gasteiger partial charge in [-0.2, -0.15) is 0 Å². The summed E-state index contributed by atoms with van der Waals surface area (Å²) in [7, 11) is 0. The second kappa shape index (κ2) is 4.05. The molecule has 0 amide bonds. The van der Waals surface area contributed by atoms with E-state index in [0.29, 0.717) is 13.0 Å². The molecule has 0 aliphatic carbocycles. The molecule has 1 rings (SSSR count). The molecular weight excluding hydrogens is 175 g/mol. The molecule has 76 valence electrons. The van der Waals surface area contributed by atoms with Gasteiger partial charge in [-0.05, 0) is 12.8 Å². The Morgan fingerprint density at radius 2 is 2.69 bits per heavy atom. The average Bonchev–Trinajstić information content (AvgIpc) is 2.52. The minimum absolute atomic E-state index is 0.0208. The SMILES string of the molecule is [2H]CCC(OC(C)=O)C1(F)CCCO1.